The van der Waals surface area contributed by atoms with E-state index in [0.717, 1.165) is 0 Å². The Labute approximate surface area is 82.9 Å². The van der Waals surface area contributed by atoms with E-state index in [-0.39, 0.29) is 4.90 Å². The lowest BCUT2D eigenvalue weighted by atomic mass is 10.4. The summed E-state index contributed by atoms with van der Waals surface area (Å²) in [5, 5.41) is -0.579. The van der Waals surface area contributed by atoms with E-state index in [9.17, 15) is 13.2 Å². The molecule has 1 aromatic rings. The number of pyridine rings is 1. The first kappa shape index (κ1) is 11.0. The van der Waals surface area contributed by atoms with Crippen LogP contribution in [0.15, 0.2) is 22.0 Å². The van der Waals surface area contributed by atoms with Crippen LogP contribution in [-0.2, 0) is 9.84 Å². The Bertz CT molecular complexity index is 485. The second kappa shape index (κ2) is 3.57. The minimum atomic E-state index is -3.48. The number of aromatic nitrogens is 1. The zero-order valence-electron chi connectivity index (χ0n) is 8.37. The van der Waals surface area contributed by atoms with Crippen molar-refractivity contribution in [1.29, 1.82) is 0 Å². The maximum Gasteiger partial charge on any atom is 0.200 e. The SMILES string of the molecule is Cc1[nH]ccc(=O)c1S(=O)(=O)C(C)C. The van der Waals surface area contributed by atoms with E-state index >= 15 is 0 Å². The van der Waals surface area contributed by atoms with E-state index in [2.05, 4.69) is 4.98 Å². The largest absolute Gasteiger partial charge is 0.364 e. The molecule has 0 bridgehead atoms. The highest BCUT2D eigenvalue weighted by molar-refractivity contribution is 7.92. The van der Waals surface area contributed by atoms with Crippen molar-refractivity contribution in [2.24, 2.45) is 0 Å². The standard InChI is InChI=1S/C9H13NO3S/c1-6(2)14(12,13)9-7(3)10-5-4-8(9)11/h4-6H,1-3H3,(H,10,11). The van der Waals surface area contributed by atoms with Gasteiger partial charge in [0.05, 0.1) is 5.25 Å². The quantitative estimate of drug-likeness (QED) is 0.795. The lowest BCUT2D eigenvalue weighted by Gasteiger charge is -2.08. The summed E-state index contributed by atoms with van der Waals surface area (Å²) < 4.78 is 23.5. The third-order valence-corrected chi connectivity index (χ3v) is 4.32. The third kappa shape index (κ3) is 1.72. The minimum Gasteiger partial charge on any atom is -0.364 e. The number of H-pyrrole nitrogens is 1. The molecule has 4 nitrogen and oxygen atoms in total. The summed E-state index contributed by atoms with van der Waals surface area (Å²) in [7, 11) is -3.48. The smallest absolute Gasteiger partial charge is 0.200 e. The number of rotatable bonds is 2. The average molecular weight is 215 g/mol. The number of aromatic amines is 1. The number of hydrogen-bond acceptors (Lipinski definition) is 3. The summed E-state index contributed by atoms with van der Waals surface area (Å²) in [6.07, 6.45) is 1.44. The van der Waals surface area contributed by atoms with Crippen LogP contribution in [0.5, 0.6) is 0 Å². The highest BCUT2D eigenvalue weighted by Crippen LogP contribution is 2.13. The van der Waals surface area contributed by atoms with Crippen molar-refractivity contribution in [3.05, 3.63) is 28.2 Å². The molecular weight excluding hydrogens is 202 g/mol. The van der Waals surface area contributed by atoms with Crippen LogP contribution in [0.4, 0.5) is 0 Å². The monoisotopic (exact) mass is 215 g/mol. The van der Waals surface area contributed by atoms with Gasteiger partial charge in [-0.3, -0.25) is 4.79 Å². The van der Waals surface area contributed by atoms with E-state index in [4.69, 9.17) is 0 Å². The van der Waals surface area contributed by atoms with Crippen LogP contribution in [0.3, 0.4) is 0 Å². The normalized spacial score (nSPS) is 12.0. The lowest BCUT2D eigenvalue weighted by Crippen LogP contribution is -2.23. The molecule has 0 unspecified atom stereocenters. The zero-order valence-corrected chi connectivity index (χ0v) is 9.18. The molecule has 14 heavy (non-hydrogen) atoms. The summed E-state index contributed by atoms with van der Waals surface area (Å²) in [4.78, 5) is 14.0. The molecule has 1 rings (SSSR count). The molecule has 1 N–H and O–H groups in total. The van der Waals surface area contributed by atoms with Crippen molar-refractivity contribution in [2.75, 3.05) is 0 Å². The van der Waals surface area contributed by atoms with Gasteiger partial charge in [0.15, 0.2) is 15.3 Å². The first-order valence-corrected chi connectivity index (χ1v) is 5.84. The lowest BCUT2D eigenvalue weighted by molar-refractivity contribution is 0.585. The van der Waals surface area contributed by atoms with Crippen molar-refractivity contribution in [3.63, 3.8) is 0 Å². The summed E-state index contributed by atoms with van der Waals surface area (Å²) in [6.45, 7) is 4.69. The van der Waals surface area contributed by atoms with Crippen LogP contribution < -0.4 is 5.43 Å². The Morgan fingerprint density at radius 1 is 1.36 bits per heavy atom. The van der Waals surface area contributed by atoms with E-state index in [1.807, 2.05) is 0 Å². The van der Waals surface area contributed by atoms with Gasteiger partial charge in [0.2, 0.25) is 0 Å². The molecule has 0 saturated carbocycles. The van der Waals surface area contributed by atoms with Crippen molar-refractivity contribution in [3.8, 4) is 0 Å². The van der Waals surface area contributed by atoms with Gasteiger partial charge in [0.25, 0.3) is 0 Å². The van der Waals surface area contributed by atoms with Crippen molar-refractivity contribution < 1.29 is 8.42 Å². The van der Waals surface area contributed by atoms with Crippen molar-refractivity contribution in [2.45, 2.75) is 30.9 Å². The molecule has 0 amide bonds. The van der Waals surface area contributed by atoms with Gasteiger partial charge in [-0.05, 0) is 20.8 Å². The Hall–Kier alpha value is -1.10. The van der Waals surface area contributed by atoms with Gasteiger partial charge < -0.3 is 4.98 Å². The topological polar surface area (TPSA) is 67.0 Å². The number of aryl methyl sites for hydroxylation is 1. The zero-order chi connectivity index (χ0) is 10.9. The molecule has 0 aliphatic carbocycles. The van der Waals surface area contributed by atoms with Gasteiger partial charge in [-0.15, -0.1) is 0 Å². The second-order valence-corrected chi connectivity index (χ2v) is 5.83. The van der Waals surface area contributed by atoms with E-state index in [0.29, 0.717) is 5.69 Å². The van der Waals surface area contributed by atoms with Gasteiger partial charge in [0, 0.05) is 18.0 Å². The maximum absolute atomic E-state index is 11.8. The predicted octanol–water partition coefficient (Wildman–Crippen LogP) is 0.865. The van der Waals surface area contributed by atoms with E-state index in [1.54, 1.807) is 20.8 Å². The highest BCUT2D eigenvalue weighted by Gasteiger charge is 2.24. The molecule has 0 aliphatic heterocycles. The van der Waals surface area contributed by atoms with Gasteiger partial charge >= 0.3 is 0 Å². The summed E-state index contributed by atoms with van der Waals surface area (Å²) in [5.41, 5.74) is -0.0545. The molecule has 0 spiro atoms. The van der Waals surface area contributed by atoms with Crippen LogP contribution in [0.2, 0.25) is 0 Å². The van der Waals surface area contributed by atoms with Crippen LogP contribution in [0.25, 0.3) is 0 Å². The fourth-order valence-corrected chi connectivity index (χ4v) is 2.46. The van der Waals surface area contributed by atoms with Crippen molar-refractivity contribution >= 4 is 9.84 Å². The fraction of sp³-hybridized carbons (Fsp3) is 0.444. The summed E-state index contributed by atoms with van der Waals surface area (Å²) in [6, 6.07) is 1.22. The maximum atomic E-state index is 11.8. The summed E-state index contributed by atoms with van der Waals surface area (Å²) in [5.74, 6) is 0. The number of sulfone groups is 1. The molecule has 0 aromatic carbocycles. The summed E-state index contributed by atoms with van der Waals surface area (Å²) >= 11 is 0. The molecule has 5 heteroatoms. The van der Waals surface area contributed by atoms with Crippen LogP contribution in [-0.4, -0.2) is 18.7 Å². The van der Waals surface area contributed by atoms with Gasteiger partial charge in [0.1, 0.15) is 4.90 Å². The second-order valence-electron chi connectivity index (χ2n) is 3.39. The molecular formula is C9H13NO3S. The molecule has 1 heterocycles. The fourth-order valence-electron chi connectivity index (χ4n) is 1.16. The molecule has 0 radical (unpaired) electrons. The molecule has 0 atom stereocenters. The number of nitrogens with one attached hydrogen (secondary N) is 1. The Morgan fingerprint density at radius 3 is 2.36 bits per heavy atom. The predicted molar refractivity (Wildman–Crippen MR) is 54.1 cm³/mol. The Morgan fingerprint density at radius 2 is 1.93 bits per heavy atom. The minimum absolute atomic E-state index is 0.116. The van der Waals surface area contributed by atoms with E-state index < -0.39 is 20.5 Å². The molecule has 0 fully saturated rings. The molecule has 0 saturated heterocycles. The highest BCUT2D eigenvalue weighted by atomic mass is 32.2. The Kier molecular flexibility index (Phi) is 2.80. The molecule has 1 aromatic heterocycles. The van der Waals surface area contributed by atoms with Crippen LogP contribution >= 0.6 is 0 Å². The first-order chi connectivity index (χ1) is 6.37. The van der Waals surface area contributed by atoms with E-state index in [1.165, 1.54) is 12.3 Å². The Balaban J connectivity index is 3.56. The van der Waals surface area contributed by atoms with Gasteiger partial charge in [-0.2, -0.15) is 0 Å². The third-order valence-electron chi connectivity index (χ3n) is 2.00. The van der Waals surface area contributed by atoms with Crippen molar-refractivity contribution in [1.82, 2.24) is 4.98 Å². The molecule has 0 aliphatic rings. The average Bonchev–Trinajstić information content (AvgIpc) is 2.02. The van der Waals surface area contributed by atoms with Gasteiger partial charge in [-0.1, -0.05) is 0 Å². The first-order valence-electron chi connectivity index (χ1n) is 4.29. The number of hydrogen-bond donors (Lipinski definition) is 1. The van der Waals surface area contributed by atoms with Gasteiger partial charge in [-0.25, -0.2) is 8.42 Å². The van der Waals surface area contributed by atoms with Crippen LogP contribution in [0.1, 0.15) is 19.5 Å². The van der Waals surface area contributed by atoms with Crippen LogP contribution in [0, 0.1) is 6.92 Å². The molecule has 78 valence electrons.